The van der Waals surface area contributed by atoms with Crippen LogP contribution in [0.1, 0.15) is 26.3 Å². The number of rotatable bonds is 8. The Bertz CT molecular complexity index is 796. The zero-order valence-corrected chi connectivity index (χ0v) is 16.8. The van der Waals surface area contributed by atoms with Crippen molar-refractivity contribution >= 4 is 17.9 Å². The van der Waals surface area contributed by atoms with Gasteiger partial charge in [-0.2, -0.15) is 0 Å². The van der Waals surface area contributed by atoms with Crippen LogP contribution in [0, 0.1) is 0 Å². The lowest BCUT2D eigenvalue weighted by atomic mass is 9.96. The Hall–Kier alpha value is -3.14. The molecule has 0 unspecified atom stereocenters. The molecule has 0 saturated carbocycles. The number of azide groups is 1. The van der Waals surface area contributed by atoms with E-state index >= 15 is 0 Å². The van der Waals surface area contributed by atoms with Gasteiger partial charge in [0.15, 0.2) is 0 Å². The van der Waals surface area contributed by atoms with Gasteiger partial charge in [0, 0.05) is 25.7 Å². The number of ether oxygens (including phenoxy) is 5. The van der Waals surface area contributed by atoms with Crippen LogP contribution in [-0.2, 0) is 44.7 Å². The third-order valence-corrected chi connectivity index (χ3v) is 4.12. The van der Waals surface area contributed by atoms with E-state index in [1.165, 1.54) is 20.8 Å². The number of hydrogen-bond acceptors (Lipinski definition) is 9. The van der Waals surface area contributed by atoms with Crippen LogP contribution in [0.3, 0.4) is 0 Å². The van der Waals surface area contributed by atoms with E-state index in [2.05, 4.69) is 10.0 Å². The van der Waals surface area contributed by atoms with E-state index in [0.717, 1.165) is 5.56 Å². The number of carbonyl (C=O) groups is 3. The number of hydrogen-bond donors (Lipinski definition) is 0. The van der Waals surface area contributed by atoms with Crippen LogP contribution in [0.2, 0.25) is 0 Å². The van der Waals surface area contributed by atoms with Crippen molar-refractivity contribution in [1.82, 2.24) is 0 Å². The first-order chi connectivity index (χ1) is 14.3. The summed E-state index contributed by atoms with van der Waals surface area (Å²) in [7, 11) is 0. The fraction of sp³-hybridized carbons (Fsp3) is 0.526. The van der Waals surface area contributed by atoms with E-state index in [-0.39, 0.29) is 13.2 Å². The fourth-order valence-electron chi connectivity index (χ4n) is 2.96. The molecule has 0 N–H and O–H groups in total. The van der Waals surface area contributed by atoms with Crippen LogP contribution in [0.15, 0.2) is 35.4 Å². The Morgan fingerprint density at radius 2 is 1.70 bits per heavy atom. The van der Waals surface area contributed by atoms with Gasteiger partial charge in [0.05, 0.1) is 6.61 Å². The second-order valence-electron chi connectivity index (χ2n) is 6.49. The Morgan fingerprint density at radius 3 is 2.27 bits per heavy atom. The summed E-state index contributed by atoms with van der Waals surface area (Å²) in [6, 6.07) is 8.01. The van der Waals surface area contributed by atoms with Crippen LogP contribution in [0.4, 0.5) is 0 Å². The van der Waals surface area contributed by atoms with Gasteiger partial charge >= 0.3 is 17.9 Å². The largest absolute Gasteiger partial charge is 0.463 e. The molecule has 0 bridgehead atoms. The molecule has 11 nitrogen and oxygen atoms in total. The molecule has 1 aliphatic heterocycles. The second kappa shape index (κ2) is 11.1. The van der Waals surface area contributed by atoms with Gasteiger partial charge in [0.2, 0.25) is 6.29 Å². The molecule has 1 aliphatic rings. The highest BCUT2D eigenvalue weighted by Crippen LogP contribution is 2.30. The minimum atomic E-state index is -1.28. The van der Waals surface area contributed by atoms with Crippen LogP contribution >= 0.6 is 0 Å². The molecule has 11 heteroatoms. The summed E-state index contributed by atoms with van der Waals surface area (Å²) in [5.74, 6) is -1.92. The number of carbonyl (C=O) groups excluding carboxylic acids is 3. The molecule has 1 aromatic rings. The zero-order valence-electron chi connectivity index (χ0n) is 16.8. The lowest BCUT2D eigenvalue weighted by molar-refractivity contribution is -0.281. The molecule has 1 saturated heterocycles. The molecule has 0 spiro atoms. The Balaban J connectivity index is 2.34. The van der Waals surface area contributed by atoms with Gasteiger partial charge in [-0.25, -0.2) is 0 Å². The van der Waals surface area contributed by atoms with Gasteiger partial charge in [0.1, 0.15) is 31.0 Å². The molecule has 0 amide bonds. The Morgan fingerprint density at radius 1 is 1.03 bits per heavy atom. The first-order valence-corrected chi connectivity index (χ1v) is 9.14. The molecule has 0 aliphatic carbocycles. The predicted molar refractivity (Wildman–Crippen MR) is 101 cm³/mol. The smallest absolute Gasteiger partial charge is 0.305 e. The first kappa shape index (κ1) is 23.1. The molecule has 30 heavy (non-hydrogen) atoms. The molecular weight excluding hydrogens is 398 g/mol. The van der Waals surface area contributed by atoms with E-state index in [4.69, 9.17) is 29.2 Å². The zero-order chi connectivity index (χ0) is 22.1. The van der Waals surface area contributed by atoms with Crippen LogP contribution in [-0.4, -0.2) is 55.2 Å². The van der Waals surface area contributed by atoms with Crippen molar-refractivity contribution in [3.8, 4) is 0 Å². The maximum atomic E-state index is 11.6. The predicted octanol–water partition coefficient (Wildman–Crippen LogP) is 2.03. The van der Waals surface area contributed by atoms with E-state index < -0.39 is 48.6 Å². The molecule has 5 atom stereocenters. The molecule has 2 rings (SSSR count). The average molecular weight is 421 g/mol. The summed E-state index contributed by atoms with van der Waals surface area (Å²) >= 11 is 0. The third-order valence-electron chi connectivity index (χ3n) is 4.12. The number of nitrogens with zero attached hydrogens (tertiary/aromatic N) is 3. The van der Waals surface area contributed by atoms with Gasteiger partial charge in [-0.3, -0.25) is 14.4 Å². The monoisotopic (exact) mass is 421 g/mol. The Labute approximate surface area is 172 Å². The summed E-state index contributed by atoms with van der Waals surface area (Å²) < 4.78 is 27.1. The topological polar surface area (TPSA) is 146 Å². The van der Waals surface area contributed by atoms with Crippen molar-refractivity contribution in [2.24, 2.45) is 5.11 Å². The lowest BCUT2D eigenvalue weighted by Gasteiger charge is -2.43. The van der Waals surface area contributed by atoms with Gasteiger partial charge < -0.3 is 23.7 Å². The minimum Gasteiger partial charge on any atom is -0.463 e. The fourth-order valence-corrected chi connectivity index (χ4v) is 2.96. The molecular formula is C19H23N3O8. The van der Waals surface area contributed by atoms with Crippen molar-refractivity contribution in [2.75, 3.05) is 6.61 Å². The SMILES string of the molecule is CC(=O)OC[C@H]1O[C@H](OC(C)=O)[C@@H](OCc2ccccc2)[C@@H](N=[N+]=[N-])[C@@H]1OC(C)=O. The van der Waals surface area contributed by atoms with Crippen LogP contribution < -0.4 is 0 Å². The maximum absolute atomic E-state index is 11.6. The van der Waals surface area contributed by atoms with E-state index in [0.29, 0.717) is 0 Å². The third kappa shape index (κ3) is 6.73. The normalized spacial score (nSPS) is 25.5. The van der Waals surface area contributed by atoms with Gasteiger partial charge in [0.25, 0.3) is 0 Å². The molecule has 1 heterocycles. The lowest BCUT2D eigenvalue weighted by Crippen LogP contribution is -2.60. The summed E-state index contributed by atoms with van der Waals surface area (Å²) in [5.41, 5.74) is 9.88. The van der Waals surface area contributed by atoms with Gasteiger partial charge in [-0.05, 0) is 11.1 Å². The van der Waals surface area contributed by atoms with Crippen molar-refractivity contribution in [3.05, 3.63) is 46.3 Å². The van der Waals surface area contributed by atoms with E-state index in [9.17, 15) is 14.4 Å². The Kier molecular flexibility index (Phi) is 8.60. The van der Waals surface area contributed by atoms with Gasteiger partial charge in [-0.15, -0.1) is 0 Å². The first-order valence-electron chi connectivity index (χ1n) is 9.14. The highest BCUT2D eigenvalue weighted by atomic mass is 16.7. The van der Waals surface area contributed by atoms with E-state index in [1.807, 2.05) is 30.3 Å². The highest BCUT2D eigenvalue weighted by molar-refractivity contribution is 5.67. The van der Waals surface area contributed by atoms with Crippen molar-refractivity contribution in [1.29, 1.82) is 0 Å². The molecule has 0 radical (unpaired) electrons. The number of benzene rings is 1. The highest BCUT2D eigenvalue weighted by Gasteiger charge is 2.50. The number of esters is 3. The van der Waals surface area contributed by atoms with Crippen LogP contribution in [0.25, 0.3) is 10.4 Å². The standard InChI is InChI=1S/C19H23N3O8/c1-11(23)26-10-15-17(28-12(2)24)16(21-22-20)18(19(30-15)29-13(3)25)27-9-14-7-5-4-6-8-14/h4-8,15-19H,9-10H2,1-3H3/t15-,16+,17-,18+,19+/m1/s1. The van der Waals surface area contributed by atoms with Crippen molar-refractivity contribution in [2.45, 2.75) is 58.0 Å². The van der Waals surface area contributed by atoms with Crippen molar-refractivity contribution < 1.29 is 38.1 Å². The van der Waals surface area contributed by atoms with Crippen molar-refractivity contribution in [3.63, 3.8) is 0 Å². The molecule has 1 fully saturated rings. The van der Waals surface area contributed by atoms with E-state index in [1.54, 1.807) is 0 Å². The molecule has 0 aromatic heterocycles. The average Bonchev–Trinajstić information content (AvgIpc) is 2.68. The maximum Gasteiger partial charge on any atom is 0.305 e. The molecule has 162 valence electrons. The van der Waals surface area contributed by atoms with Crippen LogP contribution in [0.5, 0.6) is 0 Å². The van der Waals surface area contributed by atoms with Gasteiger partial charge in [-0.1, -0.05) is 35.4 Å². The second-order valence-corrected chi connectivity index (χ2v) is 6.49. The summed E-state index contributed by atoms with van der Waals surface area (Å²) in [6.07, 6.45) is -4.54. The minimum absolute atomic E-state index is 0.0888. The summed E-state index contributed by atoms with van der Waals surface area (Å²) in [5, 5.41) is 3.71. The molecule has 1 aromatic carbocycles. The summed E-state index contributed by atoms with van der Waals surface area (Å²) in [6.45, 7) is 3.33. The summed E-state index contributed by atoms with van der Waals surface area (Å²) in [4.78, 5) is 37.3. The quantitative estimate of drug-likeness (QED) is 0.204.